The van der Waals surface area contributed by atoms with Gasteiger partial charge in [-0.15, -0.1) is 0 Å². The Bertz CT molecular complexity index is 511. The molecule has 0 aliphatic carbocycles. The maximum absolute atomic E-state index is 9.70. The van der Waals surface area contributed by atoms with Crippen molar-refractivity contribution in [1.29, 1.82) is 0 Å². The van der Waals surface area contributed by atoms with Crippen LogP contribution < -0.4 is 0 Å². The van der Waals surface area contributed by atoms with Crippen molar-refractivity contribution in [3.63, 3.8) is 0 Å². The van der Waals surface area contributed by atoms with Gasteiger partial charge in [0.05, 0.1) is 12.2 Å². The van der Waals surface area contributed by atoms with Gasteiger partial charge in [-0.1, -0.05) is 57.4 Å². The second kappa shape index (κ2) is 9.90. The van der Waals surface area contributed by atoms with Gasteiger partial charge in [-0.25, -0.2) is 0 Å². The summed E-state index contributed by atoms with van der Waals surface area (Å²) < 4.78 is 12.0. The number of hydrogen-bond acceptors (Lipinski definition) is 3. The van der Waals surface area contributed by atoms with Gasteiger partial charge in [0.1, 0.15) is 5.60 Å². The minimum Gasteiger partial charge on any atom is -0.374 e. The number of rotatable bonds is 8. The Morgan fingerprint density at radius 2 is 1.79 bits per heavy atom. The van der Waals surface area contributed by atoms with Crippen LogP contribution in [0.4, 0.5) is 0 Å². The van der Waals surface area contributed by atoms with Crippen LogP contribution in [0, 0.1) is 23.7 Å². The van der Waals surface area contributed by atoms with E-state index in [4.69, 9.17) is 9.47 Å². The first kappa shape index (κ1) is 20.8. The smallest absolute Gasteiger partial charge is 0.163 e. The summed E-state index contributed by atoms with van der Waals surface area (Å²) in [4.78, 5) is 0. The van der Waals surface area contributed by atoms with E-state index >= 15 is 0 Å². The third-order valence-electron chi connectivity index (χ3n) is 4.04. The van der Waals surface area contributed by atoms with E-state index in [1.807, 2.05) is 13.8 Å². The van der Waals surface area contributed by atoms with E-state index in [0.717, 1.165) is 12.8 Å². The van der Waals surface area contributed by atoms with Crippen molar-refractivity contribution in [2.45, 2.75) is 96.2 Å². The zero-order valence-corrected chi connectivity index (χ0v) is 15.7. The fraction of sp³-hybridized carbons (Fsp3) is 0.714. The molecular weight excluding hydrogens is 300 g/mol. The molecule has 0 spiro atoms. The molecule has 0 aromatic carbocycles. The molecular formula is C21H32O3. The third-order valence-corrected chi connectivity index (χ3v) is 4.04. The lowest BCUT2D eigenvalue weighted by Crippen LogP contribution is -2.22. The lowest BCUT2D eigenvalue weighted by Gasteiger charge is -2.16. The summed E-state index contributed by atoms with van der Waals surface area (Å²) in [7, 11) is 0. The highest BCUT2D eigenvalue weighted by atomic mass is 16.7. The van der Waals surface area contributed by atoms with Gasteiger partial charge in [-0.2, -0.15) is 0 Å². The standard InChI is InChI=1S/C21H32O3/c1-6-8-9-10-12-15-18-19(24-20(3,4)23-18)16-13-11-14-17-21(5,22)7-2/h7,18-19,22H,2,6,8-10,12,15-16H2,1,3-5H3/t18-,19-,21?/m1/s1. The number of ether oxygens (including phenoxy) is 2. The molecule has 1 unspecified atom stereocenters. The van der Waals surface area contributed by atoms with Crippen molar-refractivity contribution in [2.24, 2.45) is 0 Å². The average Bonchev–Trinajstić information content (AvgIpc) is 2.81. The summed E-state index contributed by atoms with van der Waals surface area (Å²) >= 11 is 0. The monoisotopic (exact) mass is 332 g/mol. The first-order chi connectivity index (χ1) is 11.3. The Balaban J connectivity index is 2.50. The average molecular weight is 332 g/mol. The maximum Gasteiger partial charge on any atom is 0.163 e. The Kier molecular flexibility index (Phi) is 8.57. The van der Waals surface area contributed by atoms with Crippen LogP contribution in [0.15, 0.2) is 12.7 Å². The molecule has 1 fully saturated rings. The fourth-order valence-electron chi connectivity index (χ4n) is 2.68. The summed E-state index contributed by atoms with van der Waals surface area (Å²) in [6, 6.07) is 0. The third kappa shape index (κ3) is 8.02. The second-order valence-corrected chi connectivity index (χ2v) is 7.02. The molecule has 24 heavy (non-hydrogen) atoms. The van der Waals surface area contributed by atoms with Gasteiger partial charge >= 0.3 is 0 Å². The highest BCUT2D eigenvalue weighted by Crippen LogP contribution is 2.32. The second-order valence-electron chi connectivity index (χ2n) is 7.02. The molecule has 0 radical (unpaired) electrons. The van der Waals surface area contributed by atoms with E-state index in [9.17, 15) is 5.11 Å². The van der Waals surface area contributed by atoms with Crippen molar-refractivity contribution >= 4 is 0 Å². The van der Waals surface area contributed by atoms with Crippen LogP contribution in [0.3, 0.4) is 0 Å². The van der Waals surface area contributed by atoms with E-state index in [1.54, 1.807) is 6.92 Å². The van der Waals surface area contributed by atoms with Crippen LogP contribution in [0.2, 0.25) is 0 Å². The molecule has 1 N–H and O–H groups in total. The van der Waals surface area contributed by atoms with Crippen LogP contribution in [0.5, 0.6) is 0 Å². The normalized spacial score (nSPS) is 24.2. The summed E-state index contributed by atoms with van der Waals surface area (Å²) in [5, 5.41) is 9.70. The predicted octanol–water partition coefficient (Wildman–Crippen LogP) is 4.20. The molecule has 1 aliphatic rings. The zero-order chi connectivity index (χ0) is 18.1. The van der Waals surface area contributed by atoms with Crippen molar-refractivity contribution in [3.8, 4) is 23.7 Å². The topological polar surface area (TPSA) is 38.7 Å². The van der Waals surface area contributed by atoms with E-state index in [-0.39, 0.29) is 12.2 Å². The molecule has 0 bridgehead atoms. The van der Waals surface area contributed by atoms with Gasteiger partial charge in [-0.05, 0) is 45.1 Å². The molecule has 3 nitrogen and oxygen atoms in total. The lowest BCUT2D eigenvalue weighted by atomic mass is 10.0. The predicted molar refractivity (Wildman–Crippen MR) is 98.2 cm³/mol. The van der Waals surface area contributed by atoms with Crippen LogP contribution in [0.25, 0.3) is 0 Å². The molecule has 1 aliphatic heterocycles. The maximum atomic E-state index is 9.70. The highest BCUT2D eigenvalue weighted by molar-refractivity contribution is 5.31. The SMILES string of the molecule is C=CC(C)(O)C#CC#CC[C@H]1OC(C)(C)O[C@@H]1CCCCCCC. The number of aliphatic hydroxyl groups is 1. The molecule has 0 saturated carbocycles. The van der Waals surface area contributed by atoms with E-state index in [2.05, 4.69) is 37.2 Å². The Morgan fingerprint density at radius 1 is 1.12 bits per heavy atom. The van der Waals surface area contributed by atoms with Gasteiger partial charge in [0.15, 0.2) is 5.79 Å². The molecule has 1 saturated heterocycles. The quantitative estimate of drug-likeness (QED) is 0.411. The molecule has 0 amide bonds. The molecule has 0 aromatic rings. The summed E-state index contributed by atoms with van der Waals surface area (Å²) in [6.45, 7) is 11.2. The van der Waals surface area contributed by atoms with Crippen molar-refractivity contribution in [1.82, 2.24) is 0 Å². The number of hydrogen-bond donors (Lipinski definition) is 1. The number of unbranched alkanes of at least 4 members (excludes halogenated alkanes) is 4. The van der Waals surface area contributed by atoms with E-state index in [0.29, 0.717) is 6.42 Å². The summed E-state index contributed by atoms with van der Waals surface area (Å²) in [6.07, 6.45) is 9.34. The van der Waals surface area contributed by atoms with E-state index < -0.39 is 11.4 Å². The lowest BCUT2D eigenvalue weighted by molar-refractivity contribution is -0.146. The van der Waals surface area contributed by atoms with Gasteiger partial charge < -0.3 is 14.6 Å². The van der Waals surface area contributed by atoms with Crippen molar-refractivity contribution in [2.75, 3.05) is 0 Å². The van der Waals surface area contributed by atoms with Gasteiger partial charge in [0.2, 0.25) is 0 Å². The summed E-state index contributed by atoms with van der Waals surface area (Å²) in [5.41, 5.74) is -1.19. The van der Waals surface area contributed by atoms with Crippen molar-refractivity contribution < 1.29 is 14.6 Å². The largest absolute Gasteiger partial charge is 0.374 e. The molecule has 134 valence electrons. The zero-order valence-electron chi connectivity index (χ0n) is 15.7. The van der Waals surface area contributed by atoms with Crippen molar-refractivity contribution in [3.05, 3.63) is 12.7 Å². The highest BCUT2D eigenvalue weighted by Gasteiger charge is 2.40. The molecule has 3 atom stereocenters. The minimum atomic E-state index is -1.19. The van der Waals surface area contributed by atoms with E-state index in [1.165, 1.54) is 31.8 Å². The Morgan fingerprint density at radius 3 is 2.46 bits per heavy atom. The molecule has 1 heterocycles. The van der Waals surface area contributed by atoms with Crippen LogP contribution in [-0.2, 0) is 9.47 Å². The minimum absolute atomic E-state index is 0.0135. The Labute approximate surface area is 147 Å². The van der Waals surface area contributed by atoms with Crippen LogP contribution >= 0.6 is 0 Å². The van der Waals surface area contributed by atoms with Gasteiger partial charge in [0, 0.05) is 6.42 Å². The van der Waals surface area contributed by atoms with Crippen LogP contribution in [0.1, 0.15) is 72.6 Å². The van der Waals surface area contributed by atoms with Crippen LogP contribution in [-0.4, -0.2) is 28.7 Å². The fourth-order valence-corrected chi connectivity index (χ4v) is 2.68. The Hall–Kier alpha value is -1.26. The first-order valence-corrected chi connectivity index (χ1v) is 9.01. The molecule has 3 heteroatoms. The summed E-state index contributed by atoms with van der Waals surface area (Å²) in [5.74, 6) is 10.6. The molecule has 1 rings (SSSR count). The van der Waals surface area contributed by atoms with Gasteiger partial charge in [-0.3, -0.25) is 0 Å². The van der Waals surface area contributed by atoms with Gasteiger partial charge in [0.25, 0.3) is 0 Å². The first-order valence-electron chi connectivity index (χ1n) is 9.01. The molecule has 0 aromatic heterocycles.